The Hall–Kier alpha value is -2.14. The Morgan fingerprint density at radius 3 is 2.62 bits per heavy atom. The molecule has 0 aromatic heterocycles. The third kappa shape index (κ3) is 3.49. The highest BCUT2D eigenvalue weighted by molar-refractivity contribution is 6.32. The molecule has 0 amide bonds. The van der Waals surface area contributed by atoms with Gasteiger partial charge in [0.25, 0.3) is 0 Å². The molecule has 6 heteroatoms. The number of carbonyl (C=O) groups is 1. The minimum atomic E-state index is -0.713. The summed E-state index contributed by atoms with van der Waals surface area (Å²) in [6.45, 7) is -0.150. The zero-order valence-electron chi connectivity index (χ0n) is 11.0. The molecule has 0 aliphatic rings. The smallest absolute Gasteiger partial charge is 0.180 e. The van der Waals surface area contributed by atoms with Crippen molar-refractivity contribution in [1.82, 2.24) is 0 Å². The molecule has 2 rings (SSSR count). The number of rotatable bonds is 5. The number of benzene rings is 2. The van der Waals surface area contributed by atoms with Gasteiger partial charge in [-0.2, -0.15) is 0 Å². The summed E-state index contributed by atoms with van der Waals surface area (Å²) in [6, 6.07) is 6.05. The first-order chi connectivity index (χ1) is 10.0. The van der Waals surface area contributed by atoms with E-state index in [4.69, 9.17) is 21.1 Å². The fraction of sp³-hybridized carbons (Fsp3) is 0.133. The van der Waals surface area contributed by atoms with E-state index in [1.54, 1.807) is 0 Å². The number of ether oxygens (including phenoxy) is 2. The molecule has 0 saturated carbocycles. The number of carbonyl (C=O) groups excluding carboxylic acids is 1. The van der Waals surface area contributed by atoms with Crippen molar-refractivity contribution in [3.8, 4) is 11.5 Å². The van der Waals surface area contributed by atoms with Crippen molar-refractivity contribution in [2.45, 2.75) is 6.61 Å². The fourth-order valence-corrected chi connectivity index (χ4v) is 2.01. The Morgan fingerprint density at radius 1 is 1.24 bits per heavy atom. The second kappa shape index (κ2) is 6.54. The predicted octanol–water partition coefficient (Wildman–Crippen LogP) is 4.02. The zero-order valence-corrected chi connectivity index (χ0v) is 11.8. The van der Waals surface area contributed by atoms with Crippen LogP contribution in [0, 0.1) is 11.6 Å². The summed E-state index contributed by atoms with van der Waals surface area (Å²) < 4.78 is 36.9. The molecule has 2 aromatic carbocycles. The normalized spacial score (nSPS) is 10.3. The molecule has 0 saturated heterocycles. The molecule has 21 heavy (non-hydrogen) atoms. The molecular weight excluding hydrogens is 302 g/mol. The fourth-order valence-electron chi connectivity index (χ4n) is 1.74. The van der Waals surface area contributed by atoms with Gasteiger partial charge in [-0.1, -0.05) is 11.6 Å². The first-order valence-corrected chi connectivity index (χ1v) is 6.32. The van der Waals surface area contributed by atoms with Crippen LogP contribution in [0.2, 0.25) is 5.02 Å². The van der Waals surface area contributed by atoms with Crippen LogP contribution in [0.5, 0.6) is 11.5 Å². The van der Waals surface area contributed by atoms with Gasteiger partial charge >= 0.3 is 0 Å². The average molecular weight is 313 g/mol. The van der Waals surface area contributed by atoms with Crippen LogP contribution in [-0.2, 0) is 6.61 Å². The maximum absolute atomic E-state index is 13.5. The highest BCUT2D eigenvalue weighted by atomic mass is 35.5. The highest BCUT2D eigenvalue weighted by Crippen LogP contribution is 2.36. The largest absolute Gasteiger partial charge is 0.493 e. The van der Waals surface area contributed by atoms with Crippen molar-refractivity contribution < 1.29 is 23.0 Å². The van der Waals surface area contributed by atoms with Gasteiger partial charge in [-0.3, -0.25) is 4.79 Å². The number of aldehydes is 1. The SMILES string of the molecule is COc1cc(C=O)cc(Cl)c1OCc1ccc(F)cc1F. The second-order valence-corrected chi connectivity index (χ2v) is 4.58. The van der Waals surface area contributed by atoms with Gasteiger partial charge in [-0.05, 0) is 24.3 Å². The first-order valence-electron chi connectivity index (χ1n) is 5.94. The lowest BCUT2D eigenvalue weighted by molar-refractivity contribution is 0.112. The predicted molar refractivity (Wildman–Crippen MR) is 74.1 cm³/mol. The van der Waals surface area contributed by atoms with Gasteiger partial charge < -0.3 is 9.47 Å². The van der Waals surface area contributed by atoms with E-state index >= 15 is 0 Å². The van der Waals surface area contributed by atoms with Crippen LogP contribution in [0.25, 0.3) is 0 Å². The topological polar surface area (TPSA) is 35.5 Å². The summed E-state index contributed by atoms with van der Waals surface area (Å²) in [7, 11) is 1.39. The van der Waals surface area contributed by atoms with E-state index < -0.39 is 11.6 Å². The van der Waals surface area contributed by atoms with Crippen molar-refractivity contribution in [2.75, 3.05) is 7.11 Å². The third-order valence-corrected chi connectivity index (χ3v) is 3.06. The van der Waals surface area contributed by atoms with Crippen LogP contribution < -0.4 is 9.47 Å². The first kappa shape index (κ1) is 15.3. The van der Waals surface area contributed by atoms with Crippen molar-refractivity contribution >= 4 is 17.9 Å². The van der Waals surface area contributed by atoms with Crippen LogP contribution in [0.15, 0.2) is 30.3 Å². The van der Waals surface area contributed by atoms with E-state index in [-0.39, 0.29) is 28.7 Å². The summed E-state index contributed by atoms with van der Waals surface area (Å²) in [6.07, 6.45) is 0.623. The summed E-state index contributed by atoms with van der Waals surface area (Å²) in [5.41, 5.74) is 0.506. The van der Waals surface area contributed by atoms with Gasteiger partial charge in [0.1, 0.15) is 24.5 Å². The third-order valence-electron chi connectivity index (χ3n) is 2.77. The minimum Gasteiger partial charge on any atom is -0.493 e. The average Bonchev–Trinajstić information content (AvgIpc) is 2.46. The molecular formula is C15H11ClF2O3. The van der Waals surface area contributed by atoms with E-state index in [1.807, 2.05) is 0 Å². The highest BCUT2D eigenvalue weighted by Gasteiger charge is 2.13. The lowest BCUT2D eigenvalue weighted by atomic mass is 10.2. The van der Waals surface area contributed by atoms with E-state index in [9.17, 15) is 13.6 Å². The van der Waals surface area contributed by atoms with Crippen molar-refractivity contribution in [2.24, 2.45) is 0 Å². The van der Waals surface area contributed by atoms with Crippen LogP contribution in [0.1, 0.15) is 15.9 Å². The van der Waals surface area contributed by atoms with Gasteiger partial charge in [0.2, 0.25) is 0 Å². The Bertz CT molecular complexity index is 674. The summed E-state index contributed by atoms with van der Waals surface area (Å²) in [5.74, 6) is -0.933. The molecule has 110 valence electrons. The maximum Gasteiger partial charge on any atom is 0.180 e. The van der Waals surface area contributed by atoms with Crippen molar-refractivity contribution in [1.29, 1.82) is 0 Å². The monoisotopic (exact) mass is 312 g/mol. The van der Waals surface area contributed by atoms with E-state index in [1.165, 1.54) is 25.3 Å². The van der Waals surface area contributed by atoms with Crippen LogP contribution in [-0.4, -0.2) is 13.4 Å². The number of halogens is 3. The summed E-state index contributed by atoms with van der Waals surface area (Å²) in [5, 5.41) is 0.166. The molecule has 0 N–H and O–H groups in total. The Kier molecular flexibility index (Phi) is 4.75. The van der Waals surface area contributed by atoms with Gasteiger partial charge in [0.15, 0.2) is 11.5 Å². The summed E-state index contributed by atoms with van der Waals surface area (Å²) in [4.78, 5) is 10.8. The lowest BCUT2D eigenvalue weighted by Gasteiger charge is -2.13. The molecule has 3 nitrogen and oxygen atoms in total. The maximum atomic E-state index is 13.5. The number of hydrogen-bond acceptors (Lipinski definition) is 3. The van der Waals surface area contributed by atoms with Crippen LogP contribution in [0.3, 0.4) is 0 Å². The molecule has 0 bridgehead atoms. The van der Waals surface area contributed by atoms with Gasteiger partial charge in [-0.15, -0.1) is 0 Å². The molecule has 0 fully saturated rings. The van der Waals surface area contributed by atoms with Gasteiger partial charge in [0, 0.05) is 17.2 Å². The van der Waals surface area contributed by atoms with Gasteiger partial charge in [-0.25, -0.2) is 8.78 Å². The molecule has 0 aliphatic heterocycles. The molecule has 0 radical (unpaired) electrons. The quantitative estimate of drug-likeness (QED) is 0.782. The number of methoxy groups -OCH3 is 1. The van der Waals surface area contributed by atoms with Crippen molar-refractivity contribution in [3.05, 3.63) is 58.1 Å². The molecule has 0 spiro atoms. The number of hydrogen-bond donors (Lipinski definition) is 0. The second-order valence-electron chi connectivity index (χ2n) is 4.18. The standard InChI is InChI=1S/C15H11ClF2O3/c1-20-14-5-9(7-19)4-12(16)15(14)21-8-10-2-3-11(17)6-13(10)18/h2-7H,8H2,1H3. The minimum absolute atomic E-state index is 0.150. The molecule has 0 aliphatic carbocycles. The summed E-state index contributed by atoms with van der Waals surface area (Å²) >= 11 is 6.01. The Morgan fingerprint density at radius 2 is 2.00 bits per heavy atom. The molecule has 0 unspecified atom stereocenters. The van der Waals surface area contributed by atoms with Crippen LogP contribution in [0.4, 0.5) is 8.78 Å². The Labute approximate surface area is 125 Å². The lowest BCUT2D eigenvalue weighted by Crippen LogP contribution is -2.01. The molecule has 2 aromatic rings. The van der Waals surface area contributed by atoms with E-state index in [0.717, 1.165) is 12.1 Å². The van der Waals surface area contributed by atoms with Crippen molar-refractivity contribution in [3.63, 3.8) is 0 Å². The van der Waals surface area contributed by atoms with E-state index in [2.05, 4.69) is 0 Å². The molecule has 0 atom stereocenters. The zero-order chi connectivity index (χ0) is 15.4. The van der Waals surface area contributed by atoms with Crippen LogP contribution >= 0.6 is 11.6 Å². The van der Waals surface area contributed by atoms with Gasteiger partial charge in [0.05, 0.1) is 12.1 Å². The molecule has 0 heterocycles. The Balaban J connectivity index is 2.25. The van der Waals surface area contributed by atoms with E-state index in [0.29, 0.717) is 11.8 Å².